The fraction of sp³-hybridized carbons (Fsp3) is 0. The van der Waals surface area contributed by atoms with Crippen LogP contribution in [-0.4, -0.2) is 69.9 Å². The molecule has 14 radical (unpaired) electrons. The standard InChI is InChI=1S/C45H22B7N3O/c46-34-31(35(47)39(51)41-32(34)33-36(48)37(49)38(50)40(52)42(33)56-41)30-13-7-12-29(22-30)25-16-20-28(21-17-25)45-54-43(26-10-5-2-6-11-26)53-44(55-45)27-18-14-24(15-19-27)23-8-3-1-4-9-23/h1-22H. The highest BCUT2D eigenvalue weighted by molar-refractivity contribution is 6.68. The van der Waals surface area contributed by atoms with Crippen molar-refractivity contribution in [3.8, 4) is 67.5 Å². The molecule has 2 aromatic heterocycles. The van der Waals surface area contributed by atoms with Crippen LogP contribution in [0.2, 0.25) is 0 Å². The molecule has 0 N–H and O–H groups in total. The van der Waals surface area contributed by atoms with E-state index in [1.807, 2.05) is 109 Å². The molecule has 0 atom stereocenters. The van der Waals surface area contributed by atoms with Crippen LogP contribution in [0, 0.1) is 0 Å². The first-order chi connectivity index (χ1) is 27.2. The summed E-state index contributed by atoms with van der Waals surface area (Å²) in [4.78, 5) is 14.8. The van der Waals surface area contributed by atoms with Crippen molar-refractivity contribution in [1.29, 1.82) is 0 Å². The van der Waals surface area contributed by atoms with Gasteiger partial charge in [0, 0.05) is 27.5 Å². The molecule has 0 spiro atoms. The summed E-state index contributed by atoms with van der Waals surface area (Å²) in [6, 6.07) is 44.3. The number of nitrogens with zero attached hydrogens (tertiary/aromatic N) is 3. The van der Waals surface area contributed by atoms with Crippen LogP contribution < -0.4 is 38.2 Å². The Labute approximate surface area is 334 Å². The van der Waals surface area contributed by atoms with Crippen molar-refractivity contribution in [1.82, 2.24) is 15.0 Å². The number of hydrogen-bond acceptors (Lipinski definition) is 4. The van der Waals surface area contributed by atoms with Crippen LogP contribution in [0.15, 0.2) is 138 Å². The van der Waals surface area contributed by atoms with Gasteiger partial charge in [0.25, 0.3) is 0 Å². The van der Waals surface area contributed by atoms with Crippen molar-refractivity contribution < 1.29 is 4.42 Å². The van der Waals surface area contributed by atoms with E-state index in [-0.39, 0.29) is 43.9 Å². The minimum atomic E-state index is 0.125. The summed E-state index contributed by atoms with van der Waals surface area (Å²) in [5.74, 6) is 1.72. The van der Waals surface area contributed by atoms with E-state index >= 15 is 0 Å². The smallest absolute Gasteiger partial charge is 0.164 e. The number of furan rings is 1. The van der Waals surface area contributed by atoms with Crippen LogP contribution in [0.3, 0.4) is 0 Å². The van der Waals surface area contributed by atoms with Gasteiger partial charge in [-0.3, -0.25) is 0 Å². The van der Waals surface area contributed by atoms with Crippen LogP contribution in [0.1, 0.15) is 0 Å². The molecule has 9 rings (SSSR count). The second kappa shape index (κ2) is 14.1. The molecule has 0 aliphatic rings. The zero-order valence-electron chi connectivity index (χ0n) is 30.0. The Kier molecular flexibility index (Phi) is 8.97. The lowest BCUT2D eigenvalue weighted by molar-refractivity contribution is 0.675. The van der Waals surface area contributed by atoms with Crippen molar-refractivity contribution in [3.63, 3.8) is 0 Å². The van der Waals surface area contributed by atoms with Crippen molar-refractivity contribution in [2.45, 2.75) is 0 Å². The molecule has 7 aromatic carbocycles. The van der Waals surface area contributed by atoms with E-state index < -0.39 is 0 Å². The molecule has 4 nitrogen and oxygen atoms in total. The lowest BCUT2D eigenvalue weighted by Gasteiger charge is -2.18. The molecule has 0 fully saturated rings. The van der Waals surface area contributed by atoms with Crippen LogP contribution in [-0.2, 0) is 0 Å². The minimum absolute atomic E-state index is 0.125. The Morgan fingerprint density at radius 2 is 0.679 bits per heavy atom. The van der Waals surface area contributed by atoms with Gasteiger partial charge in [-0.15, -0.1) is 10.9 Å². The second-order valence-corrected chi connectivity index (χ2v) is 13.6. The molecular weight excluding hydrogens is 674 g/mol. The van der Waals surface area contributed by atoms with Gasteiger partial charge in [-0.05, 0) is 39.4 Å². The minimum Gasteiger partial charge on any atom is -0.457 e. The first-order valence-corrected chi connectivity index (χ1v) is 17.8. The third kappa shape index (κ3) is 6.03. The molecule has 0 amide bonds. The van der Waals surface area contributed by atoms with E-state index in [9.17, 15) is 0 Å². The predicted molar refractivity (Wildman–Crippen MR) is 237 cm³/mol. The second-order valence-electron chi connectivity index (χ2n) is 13.6. The van der Waals surface area contributed by atoms with Gasteiger partial charge in [-0.25, -0.2) is 15.0 Å². The summed E-state index contributed by atoms with van der Waals surface area (Å²) in [5.41, 5.74) is 9.91. The highest BCUT2D eigenvalue weighted by Gasteiger charge is 2.22. The molecule has 0 aliphatic heterocycles. The third-order valence-corrected chi connectivity index (χ3v) is 10.2. The van der Waals surface area contributed by atoms with Crippen LogP contribution in [0.25, 0.3) is 89.5 Å². The maximum absolute atomic E-state index is 6.87. The maximum atomic E-state index is 6.87. The van der Waals surface area contributed by atoms with Crippen molar-refractivity contribution in [2.24, 2.45) is 0 Å². The fourth-order valence-electron chi connectivity index (χ4n) is 7.17. The Balaban J connectivity index is 1.10. The third-order valence-electron chi connectivity index (χ3n) is 10.2. The molecule has 0 aliphatic carbocycles. The largest absolute Gasteiger partial charge is 0.457 e. The molecule has 0 bridgehead atoms. The lowest BCUT2D eigenvalue weighted by atomic mass is 9.64. The molecule has 9 aromatic rings. The Bertz CT molecular complexity index is 2970. The average Bonchev–Trinajstić information content (AvgIpc) is 3.67. The van der Waals surface area contributed by atoms with E-state index in [0.717, 1.165) is 44.5 Å². The van der Waals surface area contributed by atoms with Crippen LogP contribution in [0.5, 0.6) is 0 Å². The first-order valence-electron chi connectivity index (χ1n) is 17.8. The topological polar surface area (TPSA) is 51.8 Å². The van der Waals surface area contributed by atoms with Gasteiger partial charge in [-0.2, -0.15) is 0 Å². The number of hydrogen-bond donors (Lipinski definition) is 0. The number of fused-ring (bicyclic) bond motifs is 3. The Morgan fingerprint density at radius 3 is 1.23 bits per heavy atom. The maximum Gasteiger partial charge on any atom is 0.164 e. The van der Waals surface area contributed by atoms with Gasteiger partial charge in [0.1, 0.15) is 66.1 Å². The highest BCUT2D eigenvalue weighted by Crippen LogP contribution is 2.31. The monoisotopic (exact) mass is 697 g/mol. The van der Waals surface area contributed by atoms with Crippen molar-refractivity contribution in [2.75, 3.05) is 0 Å². The lowest BCUT2D eigenvalue weighted by Crippen LogP contribution is -2.47. The molecule has 0 saturated heterocycles. The predicted octanol–water partition coefficient (Wildman–Crippen LogP) is 3.33. The molecule has 244 valence electrons. The number of benzene rings is 7. The van der Waals surface area contributed by atoms with Gasteiger partial charge in [0.15, 0.2) is 17.5 Å². The Hall–Kier alpha value is -6.20. The molecule has 11 heteroatoms. The normalized spacial score (nSPS) is 11.4. The zero-order chi connectivity index (χ0) is 38.7. The highest BCUT2D eigenvalue weighted by atomic mass is 16.3. The van der Waals surface area contributed by atoms with Crippen LogP contribution >= 0.6 is 0 Å². The van der Waals surface area contributed by atoms with Gasteiger partial charge >= 0.3 is 0 Å². The summed E-state index contributed by atoms with van der Waals surface area (Å²) < 4.78 is 6.07. The van der Waals surface area contributed by atoms with Gasteiger partial charge in [-0.1, -0.05) is 155 Å². The molecule has 0 saturated carbocycles. The summed E-state index contributed by atoms with van der Waals surface area (Å²) in [6.45, 7) is 0. The summed E-state index contributed by atoms with van der Waals surface area (Å²) >= 11 is 0. The molecule has 0 unspecified atom stereocenters. The Morgan fingerprint density at radius 1 is 0.304 bits per heavy atom. The SMILES string of the molecule is [B]c1c([B])c([B])c2c(oc3c([B])c([B])c(-c4cccc(-c5ccc(-c6nc(-c7ccccc7)nc(-c7ccc(-c8ccccc8)cc7)n6)cc5)c4)c([B])c32)c1[B]. The van der Waals surface area contributed by atoms with Crippen molar-refractivity contribution in [3.05, 3.63) is 133 Å². The zero-order valence-corrected chi connectivity index (χ0v) is 30.0. The van der Waals surface area contributed by atoms with Gasteiger partial charge < -0.3 is 4.42 Å². The van der Waals surface area contributed by atoms with Gasteiger partial charge in [0.05, 0.1) is 0 Å². The summed E-state index contributed by atoms with van der Waals surface area (Å²) in [5, 5.41) is 0.897. The molecular formula is C45H22B7N3O. The van der Waals surface area contributed by atoms with Crippen LogP contribution in [0.4, 0.5) is 0 Å². The average molecular weight is 696 g/mol. The molecule has 2 heterocycles. The van der Waals surface area contributed by atoms with E-state index in [2.05, 4.69) is 24.3 Å². The quantitative estimate of drug-likeness (QED) is 0.251. The summed E-state index contributed by atoms with van der Waals surface area (Å²) in [7, 11) is 45.1. The first kappa shape index (κ1) is 35.5. The number of aromatic nitrogens is 3. The van der Waals surface area contributed by atoms with E-state index in [4.69, 9.17) is 74.3 Å². The number of rotatable bonds is 6. The van der Waals surface area contributed by atoms with E-state index in [0.29, 0.717) is 39.3 Å². The van der Waals surface area contributed by atoms with E-state index in [1.165, 1.54) is 0 Å². The van der Waals surface area contributed by atoms with E-state index in [1.54, 1.807) is 0 Å². The van der Waals surface area contributed by atoms with Crippen molar-refractivity contribution >= 4 is 115 Å². The molecule has 56 heavy (non-hydrogen) atoms. The fourth-order valence-corrected chi connectivity index (χ4v) is 7.17. The summed E-state index contributed by atoms with van der Waals surface area (Å²) in [6.07, 6.45) is 0. The van der Waals surface area contributed by atoms with Gasteiger partial charge in [0.2, 0.25) is 0 Å².